The third-order valence-electron chi connectivity index (χ3n) is 5.04. The monoisotopic (exact) mass is 445 g/mol. The van der Waals surface area contributed by atoms with Crippen molar-refractivity contribution in [2.75, 3.05) is 16.0 Å². The molecule has 0 aliphatic heterocycles. The van der Waals surface area contributed by atoms with E-state index >= 15 is 0 Å². The highest BCUT2D eigenvalue weighted by molar-refractivity contribution is 7.17. The Bertz CT molecular complexity index is 1320. The number of urea groups is 1. The summed E-state index contributed by atoms with van der Waals surface area (Å²) in [7, 11) is 0. The fourth-order valence-electron chi connectivity index (χ4n) is 3.66. The predicted octanol–water partition coefficient (Wildman–Crippen LogP) is 5.82. The van der Waals surface area contributed by atoms with Crippen LogP contribution < -0.4 is 16.0 Å². The van der Waals surface area contributed by atoms with Crippen molar-refractivity contribution < 1.29 is 9.59 Å². The number of nitrogens with one attached hydrogen (secondary N) is 3. The van der Waals surface area contributed by atoms with Crippen molar-refractivity contribution in [3.63, 3.8) is 0 Å². The molecule has 8 heteroatoms. The van der Waals surface area contributed by atoms with Crippen LogP contribution in [0.15, 0.2) is 48.7 Å². The van der Waals surface area contributed by atoms with Crippen molar-refractivity contribution in [3.8, 4) is 0 Å². The first kappa shape index (κ1) is 21.5. The lowest BCUT2D eigenvalue weighted by Crippen LogP contribution is -2.20. The highest BCUT2D eigenvalue weighted by Crippen LogP contribution is 2.27. The molecule has 0 atom stereocenters. The van der Waals surface area contributed by atoms with E-state index in [1.54, 1.807) is 13.1 Å². The Hall–Kier alpha value is -3.78. The van der Waals surface area contributed by atoms with Crippen LogP contribution in [0.1, 0.15) is 32.1 Å². The molecule has 0 aliphatic carbocycles. The second-order valence-electron chi connectivity index (χ2n) is 7.62. The normalized spacial score (nSPS) is 10.8. The van der Waals surface area contributed by atoms with Gasteiger partial charge < -0.3 is 5.32 Å². The van der Waals surface area contributed by atoms with E-state index in [2.05, 4.69) is 25.9 Å². The summed E-state index contributed by atoms with van der Waals surface area (Å²) < 4.78 is 0. The van der Waals surface area contributed by atoms with Gasteiger partial charge in [0.25, 0.3) is 5.91 Å². The lowest BCUT2D eigenvalue weighted by atomic mass is 10.1. The van der Waals surface area contributed by atoms with Crippen molar-refractivity contribution in [1.29, 1.82) is 0 Å². The minimum atomic E-state index is -0.472. The molecular weight excluding hydrogens is 422 g/mol. The van der Waals surface area contributed by atoms with E-state index in [-0.39, 0.29) is 5.91 Å². The van der Waals surface area contributed by atoms with Crippen LogP contribution in [-0.4, -0.2) is 21.9 Å². The van der Waals surface area contributed by atoms with Crippen LogP contribution in [-0.2, 0) is 0 Å². The van der Waals surface area contributed by atoms with E-state index in [9.17, 15) is 9.59 Å². The molecule has 0 radical (unpaired) electrons. The molecule has 0 aliphatic rings. The van der Waals surface area contributed by atoms with Gasteiger partial charge in [0, 0.05) is 17.3 Å². The lowest BCUT2D eigenvalue weighted by molar-refractivity contribution is 0.102. The van der Waals surface area contributed by atoms with E-state index in [0.29, 0.717) is 21.5 Å². The molecule has 0 bridgehead atoms. The van der Waals surface area contributed by atoms with Crippen molar-refractivity contribution in [2.24, 2.45) is 0 Å². The van der Waals surface area contributed by atoms with Gasteiger partial charge in [-0.25, -0.2) is 14.8 Å². The number of hydrogen-bond donors (Lipinski definition) is 3. The fraction of sp³-hybridized carbons (Fsp3) is 0.167. The smallest absolute Gasteiger partial charge is 0.321 e. The Labute approximate surface area is 189 Å². The summed E-state index contributed by atoms with van der Waals surface area (Å²) in [5, 5.41) is 10.6. The van der Waals surface area contributed by atoms with Crippen LogP contribution in [0, 0.1) is 27.7 Å². The van der Waals surface area contributed by atoms with Crippen LogP contribution in [0.5, 0.6) is 0 Å². The molecule has 3 amide bonds. The van der Waals surface area contributed by atoms with E-state index < -0.39 is 6.03 Å². The molecule has 0 saturated heterocycles. The third kappa shape index (κ3) is 4.45. The first-order valence-corrected chi connectivity index (χ1v) is 10.9. The lowest BCUT2D eigenvalue weighted by Gasteiger charge is -2.12. The van der Waals surface area contributed by atoms with E-state index in [0.717, 1.165) is 44.5 Å². The van der Waals surface area contributed by atoms with Gasteiger partial charge in [0.2, 0.25) is 0 Å². The first-order valence-electron chi connectivity index (χ1n) is 10.1. The number of amides is 3. The van der Waals surface area contributed by atoms with Crippen molar-refractivity contribution >= 4 is 50.7 Å². The SMILES string of the molecule is Cc1cc(C)c(NC(=O)c2sc(NC(=O)Nc3nccc4ccccc34)nc2C)c(C)c1. The molecule has 4 aromatic rings. The second-order valence-corrected chi connectivity index (χ2v) is 8.62. The maximum atomic E-state index is 12.9. The van der Waals surface area contributed by atoms with E-state index in [1.807, 2.05) is 63.2 Å². The predicted molar refractivity (Wildman–Crippen MR) is 130 cm³/mol. The average Bonchev–Trinajstić information content (AvgIpc) is 3.10. The number of aryl methyl sites for hydroxylation is 4. The number of benzene rings is 2. The molecule has 0 spiro atoms. The third-order valence-corrected chi connectivity index (χ3v) is 6.12. The summed E-state index contributed by atoms with van der Waals surface area (Å²) >= 11 is 1.13. The Morgan fingerprint density at radius 1 is 0.906 bits per heavy atom. The maximum Gasteiger partial charge on any atom is 0.326 e. The zero-order valence-corrected chi connectivity index (χ0v) is 19.1. The van der Waals surface area contributed by atoms with E-state index in [4.69, 9.17) is 0 Å². The topological polar surface area (TPSA) is 96.0 Å². The molecule has 2 heterocycles. The second kappa shape index (κ2) is 8.76. The van der Waals surface area contributed by atoms with Gasteiger partial charge in [-0.3, -0.25) is 15.4 Å². The quantitative estimate of drug-likeness (QED) is 0.369. The molecule has 32 heavy (non-hydrogen) atoms. The van der Waals surface area contributed by atoms with Gasteiger partial charge in [-0.1, -0.05) is 53.3 Å². The molecule has 2 aromatic heterocycles. The number of aromatic nitrogens is 2. The van der Waals surface area contributed by atoms with Gasteiger partial charge in [-0.05, 0) is 50.3 Å². The van der Waals surface area contributed by atoms with Crippen molar-refractivity contribution in [1.82, 2.24) is 9.97 Å². The number of thiazole rings is 1. The number of carbonyl (C=O) groups is 2. The van der Waals surface area contributed by atoms with Gasteiger partial charge in [0.05, 0.1) is 5.69 Å². The van der Waals surface area contributed by atoms with Crippen molar-refractivity contribution in [3.05, 3.63) is 75.9 Å². The van der Waals surface area contributed by atoms with Gasteiger partial charge in [-0.15, -0.1) is 0 Å². The Kier molecular flexibility index (Phi) is 5.87. The summed E-state index contributed by atoms with van der Waals surface area (Å²) in [5.41, 5.74) is 4.48. The molecule has 3 N–H and O–H groups in total. The summed E-state index contributed by atoms with van der Waals surface area (Å²) in [5.74, 6) is 0.205. The molecule has 0 saturated carbocycles. The number of nitrogens with zero attached hydrogens (tertiary/aromatic N) is 2. The van der Waals surface area contributed by atoms with Crippen molar-refractivity contribution in [2.45, 2.75) is 27.7 Å². The standard InChI is InChI=1S/C24H23N5O2S/c1-13-11-14(2)19(15(3)12-13)27-22(30)20-16(4)26-24(32-20)29-23(31)28-21-18-8-6-5-7-17(18)9-10-25-21/h5-12H,1-4H3,(H,27,30)(H2,25,26,28,29,31). The van der Waals surface area contributed by atoms with Gasteiger partial charge in [-0.2, -0.15) is 0 Å². The van der Waals surface area contributed by atoms with Gasteiger partial charge in [0.1, 0.15) is 10.7 Å². The molecule has 0 unspecified atom stereocenters. The summed E-state index contributed by atoms with van der Waals surface area (Å²) in [4.78, 5) is 34.5. The fourth-order valence-corrected chi connectivity index (χ4v) is 4.52. The number of rotatable bonds is 4. The van der Waals surface area contributed by atoms with Gasteiger partial charge in [0.15, 0.2) is 5.13 Å². The van der Waals surface area contributed by atoms with Crippen LogP contribution in [0.2, 0.25) is 0 Å². The summed E-state index contributed by atoms with van der Waals surface area (Å²) in [6.45, 7) is 7.70. The summed E-state index contributed by atoms with van der Waals surface area (Å²) in [6.07, 6.45) is 1.64. The largest absolute Gasteiger partial charge is 0.326 e. The number of pyridine rings is 1. The van der Waals surface area contributed by atoms with Crippen LogP contribution in [0.25, 0.3) is 10.8 Å². The molecular formula is C24H23N5O2S. The Morgan fingerprint density at radius 3 is 2.38 bits per heavy atom. The molecule has 2 aromatic carbocycles. The van der Waals surface area contributed by atoms with E-state index in [1.165, 1.54) is 0 Å². The minimum absolute atomic E-state index is 0.251. The van der Waals surface area contributed by atoms with Crippen LogP contribution >= 0.6 is 11.3 Å². The van der Waals surface area contributed by atoms with Gasteiger partial charge >= 0.3 is 6.03 Å². The van der Waals surface area contributed by atoms with Crippen LogP contribution in [0.3, 0.4) is 0 Å². The number of hydrogen-bond acceptors (Lipinski definition) is 5. The summed E-state index contributed by atoms with van der Waals surface area (Å²) in [6, 6.07) is 13.1. The first-order chi connectivity index (χ1) is 15.3. The zero-order chi connectivity index (χ0) is 22.8. The number of anilines is 3. The molecule has 0 fully saturated rings. The number of carbonyl (C=O) groups excluding carboxylic acids is 2. The molecule has 4 rings (SSSR count). The highest BCUT2D eigenvalue weighted by atomic mass is 32.1. The maximum absolute atomic E-state index is 12.9. The minimum Gasteiger partial charge on any atom is -0.321 e. The Balaban J connectivity index is 1.48. The Morgan fingerprint density at radius 2 is 1.62 bits per heavy atom. The molecule has 162 valence electrons. The zero-order valence-electron chi connectivity index (χ0n) is 18.2. The molecule has 7 nitrogen and oxygen atoms in total. The average molecular weight is 446 g/mol. The number of fused-ring (bicyclic) bond motifs is 1. The van der Waals surface area contributed by atoms with Crippen LogP contribution in [0.4, 0.5) is 21.4 Å². The highest BCUT2D eigenvalue weighted by Gasteiger charge is 2.18.